The Labute approximate surface area is 257 Å². The molecular formula is C36H40O8. The Bertz CT molecular complexity index is 1530. The van der Waals surface area contributed by atoms with E-state index in [1.54, 1.807) is 0 Å². The van der Waals surface area contributed by atoms with Gasteiger partial charge in [-0.05, 0) is 99.6 Å². The fraction of sp³-hybridized carbons (Fsp3) is 0.556. The zero-order valence-corrected chi connectivity index (χ0v) is 26.4. The van der Waals surface area contributed by atoms with E-state index in [0.29, 0.717) is 62.9 Å². The topological polar surface area (TPSA) is 105 Å². The minimum atomic E-state index is -1.30. The Morgan fingerprint density at radius 2 is 0.977 bits per heavy atom. The van der Waals surface area contributed by atoms with E-state index in [9.17, 15) is 19.2 Å². The molecule has 2 saturated heterocycles. The Kier molecular flexibility index (Phi) is 5.91. The van der Waals surface area contributed by atoms with Crippen molar-refractivity contribution in [3.05, 3.63) is 58.7 Å². The van der Waals surface area contributed by atoms with Gasteiger partial charge in [0.05, 0.1) is 10.8 Å². The number of benzene rings is 2. The molecule has 0 spiro atoms. The molecule has 0 amide bonds. The molecule has 4 atom stereocenters. The number of hydrogen-bond acceptors (Lipinski definition) is 8. The van der Waals surface area contributed by atoms with E-state index >= 15 is 0 Å². The highest BCUT2D eigenvalue weighted by atomic mass is 16.6. The highest BCUT2D eigenvalue weighted by Crippen LogP contribution is 2.67. The molecule has 2 saturated carbocycles. The van der Waals surface area contributed by atoms with Crippen molar-refractivity contribution in [3.63, 3.8) is 0 Å². The van der Waals surface area contributed by atoms with E-state index in [-0.39, 0.29) is 11.9 Å². The van der Waals surface area contributed by atoms with Crippen LogP contribution in [0.15, 0.2) is 36.4 Å². The number of carbonyl (C=O) groups is 4. The molecule has 44 heavy (non-hydrogen) atoms. The lowest BCUT2D eigenvalue weighted by atomic mass is 9.66. The van der Waals surface area contributed by atoms with Crippen LogP contribution in [0.3, 0.4) is 0 Å². The third-order valence-electron chi connectivity index (χ3n) is 12.9. The number of fused-ring (bicyclic) bond motifs is 4. The molecule has 232 valence electrons. The van der Waals surface area contributed by atoms with E-state index < -0.39 is 44.8 Å². The Morgan fingerprint density at radius 1 is 0.591 bits per heavy atom. The number of esters is 4. The summed E-state index contributed by atoms with van der Waals surface area (Å²) in [4.78, 5) is 53.1. The van der Waals surface area contributed by atoms with Gasteiger partial charge in [0.1, 0.15) is 11.5 Å². The molecular weight excluding hydrogens is 560 g/mol. The summed E-state index contributed by atoms with van der Waals surface area (Å²) in [6, 6.07) is 11.9. The second-order valence-corrected chi connectivity index (χ2v) is 15.0. The summed E-state index contributed by atoms with van der Waals surface area (Å²) in [7, 11) is 0. The van der Waals surface area contributed by atoms with Gasteiger partial charge in [-0.25, -0.2) is 9.59 Å². The molecule has 0 unspecified atom stereocenters. The largest absolute Gasteiger partial charge is 0.446 e. The molecule has 2 aromatic rings. The maximum Gasteiger partial charge on any atom is 0.356 e. The third-order valence-corrected chi connectivity index (χ3v) is 12.9. The first-order valence-corrected chi connectivity index (χ1v) is 15.8. The van der Waals surface area contributed by atoms with E-state index in [4.69, 9.17) is 18.9 Å². The minimum absolute atomic E-state index is 0.336. The maximum absolute atomic E-state index is 13.8. The van der Waals surface area contributed by atoms with Crippen LogP contribution in [0.4, 0.5) is 0 Å². The van der Waals surface area contributed by atoms with Gasteiger partial charge in [-0.2, -0.15) is 0 Å². The van der Waals surface area contributed by atoms with Crippen molar-refractivity contribution in [2.75, 3.05) is 0 Å². The predicted molar refractivity (Wildman–Crippen MR) is 159 cm³/mol. The molecule has 8 aliphatic rings. The quantitative estimate of drug-likeness (QED) is 0.329. The number of hydrogen-bond donors (Lipinski definition) is 0. The van der Waals surface area contributed by atoms with Crippen LogP contribution in [-0.2, 0) is 54.3 Å². The molecule has 8 nitrogen and oxygen atoms in total. The van der Waals surface area contributed by atoms with Gasteiger partial charge in [0, 0.05) is 10.8 Å². The van der Waals surface area contributed by atoms with Gasteiger partial charge in [-0.15, -0.1) is 0 Å². The Balaban J connectivity index is 1.14. The van der Waals surface area contributed by atoms with Crippen molar-refractivity contribution in [1.29, 1.82) is 0 Å². The molecule has 8 bridgehead atoms. The standard InChI is InChI=1S/C36H40O8/c1-31(2)33(5)15-17-35(31,43-27(33)37)29(39)41-25-19-21-7-11-23(25)13-9-22-8-12-24(14-10-21)26(20-22)42-30(40)36-18-16-34(6,28(38)44-36)32(36,3)4/h7-8,11-12,19-20H,9-10,13-18H2,1-6H3/t33-,34-,35-,36-/m0/s1. The van der Waals surface area contributed by atoms with Crippen LogP contribution >= 0.6 is 0 Å². The van der Waals surface area contributed by atoms with Crippen molar-refractivity contribution in [3.8, 4) is 11.5 Å². The van der Waals surface area contributed by atoms with Gasteiger partial charge in [-0.1, -0.05) is 52.0 Å². The minimum Gasteiger partial charge on any atom is -0.446 e. The molecule has 0 N–H and O–H groups in total. The normalized spacial score (nSPS) is 33.9. The lowest BCUT2D eigenvalue weighted by molar-refractivity contribution is -0.176. The maximum atomic E-state index is 13.8. The second-order valence-electron chi connectivity index (χ2n) is 15.0. The zero-order valence-electron chi connectivity index (χ0n) is 26.4. The zero-order chi connectivity index (χ0) is 31.5. The summed E-state index contributed by atoms with van der Waals surface area (Å²) in [5.74, 6) is -0.722. The van der Waals surface area contributed by atoms with Gasteiger partial charge in [0.15, 0.2) is 0 Å². The SMILES string of the molecule is CC1(C)[C@@]2(C)CC[C@@]1(C(=O)Oc1cc3ccc1CCc1ccc(c(OC(=O)[C@]45CC[C@@](C)(C(=O)O4)C5(C)C)c1)CC3)OC2=O. The molecule has 2 heterocycles. The molecule has 6 aliphatic carbocycles. The van der Waals surface area contributed by atoms with Crippen LogP contribution in [0.5, 0.6) is 11.5 Å². The van der Waals surface area contributed by atoms with E-state index in [1.807, 2.05) is 77.9 Å². The van der Waals surface area contributed by atoms with Crippen LogP contribution in [0.2, 0.25) is 0 Å². The molecule has 10 rings (SSSR count). The van der Waals surface area contributed by atoms with Crippen molar-refractivity contribution >= 4 is 23.9 Å². The molecule has 0 aromatic heterocycles. The summed E-state index contributed by atoms with van der Waals surface area (Å²) < 4.78 is 23.8. The average Bonchev–Trinajstić information content (AvgIpc) is 3.43. The molecule has 0 radical (unpaired) electrons. The molecule has 2 aliphatic heterocycles. The lowest BCUT2D eigenvalue weighted by Crippen LogP contribution is -2.50. The average molecular weight is 601 g/mol. The van der Waals surface area contributed by atoms with Crippen LogP contribution in [0.1, 0.15) is 89.5 Å². The predicted octanol–water partition coefficient (Wildman–Crippen LogP) is 5.63. The number of aryl methyl sites for hydroxylation is 4. The lowest BCUT2D eigenvalue weighted by Gasteiger charge is -2.34. The first kappa shape index (κ1) is 29.1. The molecule has 2 aromatic carbocycles. The van der Waals surface area contributed by atoms with Gasteiger partial charge in [0.25, 0.3) is 0 Å². The van der Waals surface area contributed by atoms with Crippen LogP contribution in [0, 0.1) is 21.7 Å². The number of carbonyl (C=O) groups excluding carboxylic acids is 4. The summed E-state index contributed by atoms with van der Waals surface area (Å²) in [6.45, 7) is 11.4. The van der Waals surface area contributed by atoms with Crippen LogP contribution < -0.4 is 9.47 Å². The first-order valence-electron chi connectivity index (χ1n) is 15.8. The smallest absolute Gasteiger partial charge is 0.356 e. The summed E-state index contributed by atoms with van der Waals surface area (Å²) >= 11 is 0. The number of rotatable bonds is 4. The summed E-state index contributed by atoms with van der Waals surface area (Å²) in [5.41, 5.74) is -1.75. The monoisotopic (exact) mass is 600 g/mol. The number of ether oxygens (including phenoxy) is 4. The summed E-state index contributed by atoms with van der Waals surface area (Å²) in [5, 5.41) is 0. The van der Waals surface area contributed by atoms with Crippen molar-refractivity contribution in [2.24, 2.45) is 21.7 Å². The van der Waals surface area contributed by atoms with Crippen molar-refractivity contribution in [1.82, 2.24) is 0 Å². The van der Waals surface area contributed by atoms with Gasteiger partial charge >= 0.3 is 23.9 Å². The highest BCUT2D eigenvalue weighted by Gasteiger charge is 2.77. The van der Waals surface area contributed by atoms with Crippen LogP contribution in [-0.4, -0.2) is 35.1 Å². The summed E-state index contributed by atoms with van der Waals surface area (Å²) in [6.07, 6.45) is 4.45. The fourth-order valence-corrected chi connectivity index (χ4v) is 8.44. The van der Waals surface area contributed by atoms with Crippen molar-refractivity contribution in [2.45, 2.75) is 104 Å². The Morgan fingerprint density at radius 3 is 1.30 bits per heavy atom. The van der Waals surface area contributed by atoms with Crippen molar-refractivity contribution < 1.29 is 38.1 Å². The molecule has 4 fully saturated rings. The van der Waals surface area contributed by atoms with E-state index in [0.717, 1.165) is 22.3 Å². The van der Waals surface area contributed by atoms with Gasteiger partial charge < -0.3 is 18.9 Å². The highest BCUT2D eigenvalue weighted by molar-refractivity contribution is 5.95. The first-order chi connectivity index (χ1) is 20.6. The van der Waals surface area contributed by atoms with E-state index in [2.05, 4.69) is 0 Å². The van der Waals surface area contributed by atoms with Gasteiger partial charge in [0.2, 0.25) is 11.2 Å². The third kappa shape index (κ3) is 3.45. The van der Waals surface area contributed by atoms with Gasteiger partial charge in [-0.3, -0.25) is 9.59 Å². The second kappa shape index (κ2) is 8.95. The Hall–Kier alpha value is -3.68. The fourth-order valence-electron chi connectivity index (χ4n) is 8.44. The van der Waals surface area contributed by atoms with Crippen LogP contribution in [0.25, 0.3) is 0 Å². The van der Waals surface area contributed by atoms with E-state index in [1.165, 1.54) is 0 Å². The molecule has 8 heteroatoms.